The molecule has 4 rings (SSSR count). The van der Waals surface area contributed by atoms with Crippen LogP contribution < -0.4 is 14.8 Å². The van der Waals surface area contributed by atoms with Crippen molar-refractivity contribution in [2.45, 2.75) is 26.3 Å². The second-order valence-corrected chi connectivity index (χ2v) is 8.88. The zero-order chi connectivity index (χ0) is 23.9. The van der Waals surface area contributed by atoms with E-state index in [2.05, 4.69) is 35.3 Å². The molecule has 5 nitrogen and oxygen atoms in total. The molecule has 0 saturated heterocycles. The lowest BCUT2D eigenvalue weighted by Crippen LogP contribution is -2.26. The van der Waals surface area contributed by atoms with Crippen LogP contribution in [-0.4, -0.2) is 43.7 Å². The Hall–Kier alpha value is -3.02. The highest BCUT2D eigenvalue weighted by molar-refractivity contribution is 6.31. The number of benzene rings is 3. The first-order valence-electron chi connectivity index (χ1n) is 11.8. The predicted octanol–water partition coefficient (Wildman–Crippen LogP) is 6.77. The Bertz CT molecular complexity index is 1260. The smallest absolute Gasteiger partial charge is 0.119 e. The van der Waals surface area contributed by atoms with Crippen LogP contribution in [0, 0.1) is 0 Å². The minimum atomic E-state index is 0.687. The Balaban J connectivity index is 1.50. The number of anilines is 1. The van der Waals surface area contributed by atoms with E-state index in [4.69, 9.17) is 26.1 Å². The van der Waals surface area contributed by atoms with E-state index in [1.807, 2.05) is 42.5 Å². The predicted molar refractivity (Wildman–Crippen MR) is 142 cm³/mol. The van der Waals surface area contributed by atoms with Crippen molar-refractivity contribution in [3.63, 3.8) is 0 Å². The van der Waals surface area contributed by atoms with Crippen LogP contribution in [0.4, 0.5) is 5.69 Å². The van der Waals surface area contributed by atoms with Crippen molar-refractivity contribution in [2.24, 2.45) is 0 Å². The van der Waals surface area contributed by atoms with E-state index < -0.39 is 0 Å². The summed E-state index contributed by atoms with van der Waals surface area (Å²) >= 11 is 6.25. The third-order valence-corrected chi connectivity index (χ3v) is 6.21. The third-order valence-electron chi connectivity index (χ3n) is 5.98. The lowest BCUT2D eigenvalue weighted by Gasteiger charge is -2.22. The molecule has 0 amide bonds. The molecule has 1 N–H and O–H groups in total. The zero-order valence-electron chi connectivity index (χ0n) is 20.1. The molecule has 0 unspecified atom stereocenters. The number of hydrogen-bond acceptors (Lipinski definition) is 5. The summed E-state index contributed by atoms with van der Waals surface area (Å²) in [5.74, 6) is 1.72. The van der Waals surface area contributed by atoms with Gasteiger partial charge in [0.25, 0.3) is 0 Å². The molecule has 0 saturated carbocycles. The van der Waals surface area contributed by atoms with E-state index in [9.17, 15) is 0 Å². The van der Waals surface area contributed by atoms with Gasteiger partial charge >= 0.3 is 0 Å². The van der Waals surface area contributed by atoms with Gasteiger partial charge in [-0.2, -0.15) is 0 Å². The van der Waals surface area contributed by atoms with Crippen molar-refractivity contribution in [2.75, 3.05) is 39.2 Å². The average molecular weight is 478 g/mol. The van der Waals surface area contributed by atoms with Crippen LogP contribution >= 0.6 is 11.6 Å². The first kappa shape index (κ1) is 24.1. The molecule has 0 spiro atoms. The minimum Gasteiger partial charge on any atom is -0.497 e. The Morgan fingerprint density at radius 3 is 2.50 bits per heavy atom. The van der Waals surface area contributed by atoms with Crippen molar-refractivity contribution in [3.8, 4) is 11.5 Å². The molecule has 1 heterocycles. The van der Waals surface area contributed by atoms with Crippen molar-refractivity contribution in [1.82, 2.24) is 9.88 Å². The quantitative estimate of drug-likeness (QED) is 0.191. The number of rotatable bonds is 11. The van der Waals surface area contributed by atoms with Crippen LogP contribution in [-0.2, 0) is 6.54 Å². The minimum absolute atomic E-state index is 0.687. The van der Waals surface area contributed by atoms with Gasteiger partial charge in [-0.05, 0) is 73.5 Å². The zero-order valence-corrected chi connectivity index (χ0v) is 20.9. The van der Waals surface area contributed by atoms with Crippen LogP contribution in [0.3, 0.4) is 0 Å². The summed E-state index contributed by atoms with van der Waals surface area (Å²) in [6.45, 7) is 6.07. The highest BCUT2D eigenvalue weighted by Gasteiger charge is 2.12. The molecule has 0 aliphatic rings. The van der Waals surface area contributed by atoms with Gasteiger partial charge in [0.05, 0.1) is 30.9 Å². The number of nitrogens with zero attached hydrogens (tertiary/aromatic N) is 2. The summed E-state index contributed by atoms with van der Waals surface area (Å²) in [6, 6.07) is 20.2. The van der Waals surface area contributed by atoms with E-state index in [1.54, 1.807) is 14.2 Å². The van der Waals surface area contributed by atoms with Crippen LogP contribution in [0.2, 0.25) is 5.02 Å². The van der Waals surface area contributed by atoms with Crippen molar-refractivity contribution >= 4 is 39.1 Å². The maximum absolute atomic E-state index is 6.25. The van der Waals surface area contributed by atoms with Gasteiger partial charge in [-0.3, -0.25) is 4.90 Å². The maximum Gasteiger partial charge on any atom is 0.119 e. The molecule has 0 aliphatic heterocycles. The molecule has 0 bridgehead atoms. The number of nitrogens with one attached hydrogen (secondary N) is 1. The molecule has 0 aliphatic carbocycles. The van der Waals surface area contributed by atoms with Gasteiger partial charge in [-0.15, -0.1) is 0 Å². The molecular formula is C28H32ClN3O2. The van der Waals surface area contributed by atoms with Gasteiger partial charge in [-0.25, -0.2) is 4.98 Å². The van der Waals surface area contributed by atoms with Gasteiger partial charge in [0.2, 0.25) is 0 Å². The van der Waals surface area contributed by atoms with Crippen LogP contribution in [0.1, 0.15) is 25.3 Å². The van der Waals surface area contributed by atoms with Crippen LogP contribution in [0.25, 0.3) is 21.8 Å². The molecule has 6 heteroatoms. The number of halogens is 1. The van der Waals surface area contributed by atoms with E-state index in [-0.39, 0.29) is 0 Å². The Kier molecular flexibility index (Phi) is 8.09. The lowest BCUT2D eigenvalue weighted by atomic mass is 10.1. The number of aromatic nitrogens is 1. The Morgan fingerprint density at radius 2 is 1.71 bits per heavy atom. The Morgan fingerprint density at radius 1 is 0.882 bits per heavy atom. The van der Waals surface area contributed by atoms with E-state index >= 15 is 0 Å². The second-order valence-electron chi connectivity index (χ2n) is 8.44. The molecule has 0 radical (unpaired) electrons. The van der Waals surface area contributed by atoms with Gasteiger partial charge in [-0.1, -0.05) is 30.7 Å². The molecule has 1 aromatic heterocycles. The van der Waals surface area contributed by atoms with E-state index in [1.165, 1.54) is 5.56 Å². The summed E-state index contributed by atoms with van der Waals surface area (Å²) < 4.78 is 10.9. The van der Waals surface area contributed by atoms with E-state index in [0.29, 0.717) is 5.02 Å². The number of fused-ring (bicyclic) bond motifs is 2. The molecule has 0 atom stereocenters. The average Bonchev–Trinajstić information content (AvgIpc) is 2.85. The van der Waals surface area contributed by atoms with Gasteiger partial charge in [0.1, 0.15) is 11.5 Å². The maximum atomic E-state index is 6.25. The number of methoxy groups -OCH3 is 2. The van der Waals surface area contributed by atoms with Crippen LogP contribution in [0.15, 0.2) is 60.7 Å². The van der Waals surface area contributed by atoms with Crippen molar-refractivity contribution in [1.29, 1.82) is 0 Å². The topological polar surface area (TPSA) is 46.6 Å². The Labute approximate surface area is 206 Å². The molecule has 0 fully saturated rings. The fraction of sp³-hybridized carbons (Fsp3) is 0.321. The number of ether oxygens (including phenoxy) is 2. The first-order chi connectivity index (χ1) is 16.6. The highest BCUT2D eigenvalue weighted by atomic mass is 35.5. The fourth-order valence-corrected chi connectivity index (χ4v) is 4.51. The normalized spacial score (nSPS) is 11.3. The van der Waals surface area contributed by atoms with Crippen LogP contribution in [0.5, 0.6) is 11.5 Å². The third kappa shape index (κ3) is 5.72. The summed E-state index contributed by atoms with van der Waals surface area (Å²) in [6.07, 6.45) is 2.14. The largest absolute Gasteiger partial charge is 0.497 e. The first-order valence-corrected chi connectivity index (χ1v) is 12.1. The number of pyridine rings is 1. The summed E-state index contributed by atoms with van der Waals surface area (Å²) in [4.78, 5) is 7.32. The molecule has 3 aromatic carbocycles. The molecule has 4 aromatic rings. The summed E-state index contributed by atoms with van der Waals surface area (Å²) in [7, 11) is 3.40. The number of hydrogen-bond donors (Lipinski definition) is 1. The highest BCUT2D eigenvalue weighted by Crippen LogP contribution is 2.34. The van der Waals surface area contributed by atoms with Gasteiger partial charge < -0.3 is 14.8 Å². The molecule has 178 valence electrons. The molecule has 34 heavy (non-hydrogen) atoms. The van der Waals surface area contributed by atoms with Gasteiger partial charge in [0, 0.05) is 35.4 Å². The standard InChI is InChI=1S/C28H32ClN3O2/c1-4-14-32(19-20-7-5-8-22(16-20)33-2)15-6-13-30-28-24-11-9-21(29)17-27(24)31-26-12-10-23(34-3)18-25(26)28/h5,7-12,16-18H,4,6,13-15,19H2,1-3H3,(H,30,31). The van der Waals surface area contributed by atoms with E-state index in [0.717, 1.165) is 78.0 Å². The van der Waals surface area contributed by atoms with Crippen molar-refractivity contribution in [3.05, 3.63) is 71.2 Å². The second kappa shape index (κ2) is 11.4. The van der Waals surface area contributed by atoms with Gasteiger partial charge in [0.15, 0.2) is 0 Å². The van der Waals surface area contributed by atoms with Crippen molar-refractivity contribution < 1.29 is 9.47 Å². The SMILES string of the molecule is CCCN(CCCNc1c2ccc(Cl)cc2nc2ccc(OC)cc12)Cc1cccc(OC)c1. The summed E-state index contributed by atoms with van der Waals surface area (Å²) in [5.41, 5.74) is 4.16. The summed E-state index contributed by atoms with van der Waals surface area (Å²) in [5, 5.41) is 6.50. The fourth-order valence-electron chi connectivity index (χ4n) is 4.35. The molecular weight excluding hydrogens is 446 g/mol. The monoisotopic (exact) mass is 477 g/mol. The lowest BCUT2D eigenvalue weighted by molar-refractivity contribution is 0.264.